The van der Waals surface area contributed by atoms with Crippen molar-refractivity contribution in [2.24, 2.45) is 0 Å². The van der Waals surface area contributed by atoms with E-state index in [-0.39, 0.29) is 18.4 Å². The number of amides is 1. The summed E-state index contributed by atoms with van der Waals surface area (Å²) in [7, 11) is 1.82. The summed E-state index contributed by atoms with van der Waals surface area (Å²) in [6, 6.07) is 0.382. The van der Waals surface area contributed by atoms with E-state index in [1.165, 1.54) is 0 Å². The molecule has 0 aromatic carbocycles. The molecule has 0 unspecified atom stereocenters. The quantitative estimate of drug-likeness (QED) is 0.772. The third kappa shape index (κ3) is 3.05. The fraction of sp³-hybridized carbons (Fsp3) is 0.545. The number of carbonyl (C=O) groups excluding carboxylic acids is 1. The highest BCUT2D eigenvalue weighted by Gasteiger charge is 2.23. The molecule has 0 spiro atoms. The molecular weight excluding hydrogens is 218 g/mol. The van der Waals surface area contributed by atoms with Gasteiger partial charge in [-0.05, 0) is 19.8 Å². The zero-order valence-corrected chi connectivity index (χ0v) is 10.1. The predicted octanol–water partition coefficient (Wildman–Crippen LogP) is 0.0820. The highest BCUT2D eigenvalue weighted by atomic mass is 16.2. The number of rotatable bonds is 4. The van der Waals surface area contributed by atoms with Crippen molar-refractivity contribution >= 4 is 17.7 Å². The Morgan fingerprint density at radius 3 is 3.00 bits per heavy atom. The van der Waals surface area contributed by atoms with Crippen LogP contribution in [0.3, 0.4) is 0 Å². The standard InChI is InChI=1S/C11H17N5O/c1-7-5-13-11(12)15-10(7)16(2)6-9(17)14-8-3-4-8/h5,8H,3-4,6H2,1-2H3,(H,14,17)(H2,12,13,15). The molecule has 0 radical (unpaired) electrons. The molecule has 6 heteroatoms. The summed E-state index contributed by atoms with van der Waals surface area (Å²) >= 11 is 0. The van der Waals surface area contributed by atoms with Crippen LogP contribution in [0.15, 0.2) is 6.20 Å². The van der Waals surface area contributed by atoms with Crippen LogP contribution in [0.1, 0.15) is 18.4 Å². The van der Waals surface area contributed by atoms with Crippen LogP contribution in [0.25, 0.3) is 0 Å². The van der Waals surface area contributed by atoms with Gasteiger partial charge in [0.05, 0.1) is 6.54 Å². The van der Waals surface area contributed by atoms with E-state index in [1.807, 2.05) is 14.0 Å². The largest absolute Gasteiger partial charge is 0.368 e. The molecule has 6 nitrogen and oxygen atoms in total. The molecule has 1 fully saturated rings. The first-order valence-corrected chi connectivity index (χ1v) is 5.66. The number of nitrogens with two attached hydrogens (primary N) is 1. The highest BCUT2D eigenvalue weighted by molar-refractivity contribution is 5.81. The number of nitrogens with one attached hydrogen (secondary N) is 1. The van der Waals surface area contributed by atoms with Gasteiger partial charge in [-0.25, -0.2) is 4.98 Å². The summed E-state index contributed by atoms with van der Waals surface area (Å²) in [5, 5.41) is 2.93. The summed E-state index contributed by atoms with van der Waals surface area (Å²) in [5.74, 6) is 0.940. The molecule has 1 aliphatic carbocycles. The second-order valence-corrected chi connectivity index (χ2v) is 4.43. The lowest BCUT2D eigenvalue weighted by atomic mass is 10.3. The minimum Gasteiger partial charge on any atom is -0.368 e. The normalized spacial score (nSPS) is 14.5. The molecule has 92 valence electrons. The van der Waals surface area contributed by atoms with Gasteiger partial charge in [-0.3, -0.25) is 4.79 Å². The minimum absolute atomic E-state index is 0.0200. The summed E-state index contributed by atoms with van der Waals surface area (Å²) in [5.41, 5.74) is 6.44. The van der Waals surface area contributed by atoms with Crippen molar-refractivity contribution < 1.29 is 4.79 Å². The molecule has 0 atom stereocenters. The van der Waals surface area contributed by atoms with E-state index in [1.54, 1.807) is 11.1 Å². The number of anilines is 2. The van der Waals surface area contributed by atoms with Crippen molar-refractivity contribution in [2.75, 3.05) is 24.2 Å². The van der Waals surface area contributed by atoms with E-state index < -0.39 is 0 Å². The van der Waals surface area contributed by atoms with Gasteiger partial charge < -0.3 is 16.0 Å². The van der Waals surface area contributed by atoms with E-state index in [4.69, 9.17) is 5.73 Å². The van der Waals surface area contributed by atoms with Crippen molar-refractivity contribution in [3.63, 3.8) is 0 Å². The Balaban J connectivity index is 1.99. The number of carbonyl (C=O) groups is 1. The maximum atomic E-state index is 11.6. The van der Waals surface area contributed by atoms with E-state index in [2.05, 4.69) is 15.3 Å². The molecule has 1 aliphatic rings. The van der Waals surface area contributed by atoms with Gasteiger partial charge in [-0.1, -0.05) is 0 Å². The predicted molar refractivity (Wildman–Crippen MR) is 65.6 cm³/mol. The molecule has 0 saturated heterocycles. The fourth-order valence-corrected chi connectivity index (χ4v) is 1.62. The highest BCUT2D eigenvalue weighted by Crippen LogP contribution is 2.19. The van der Waals surface area contributed by atoms with Gasteiger partial charge in [0.2, 0.25) is 11.9 Å². The molecule has 1 aromatic heterocycles. The summed E-state index contributed by atoms with van der Waals surface area (Å²) < 4.78 is 0. The zero-order chi connectivity index (χ0) is 12.4. The van der Waals surface area contributed by atoms with Crippen LogP contribution in [0.5, 0.6) is 0 Å². The first-order valence-electron chi connectivity index (χ1n) is 5.66. The molecule has 1 amide bonds. The van der Waals surface area contributed by atoms with Crippen LogP contribution in [0.2, 0.25) is 0 Å². The number of hydrogen-bond donors (Lipinski definition) is 2. The van der Waals surface area contributed by atoms with E-state index in [9.17, 15) is 4.79 Å². The Hall–Kier alpha value is -1.85. The molecule has 3 N–H and O–H groups in total. The lowest BCUT2D eigenvalue weighted by Gasteiger charge is -2.19. The average Bonchev–Trinajstić information content (AvgIpc) is 3.05. The number of hydrogen-bond acceptors (Lipinski definition) is 5. The van der Waals surface area contributed by atoms with Crippen molar-refractivity contribution in [2.45, 2.75) is 25.8 Å². The van der Waals surface area contributed by atoms with Crippen molar-refractivity contribution in [1.82, 2.24) is 15.3 Å². The van der Waals surface area contributed by atoms with Crippen LogP contribution < -0.4 is 16.0 Å². The summed E-state index contributed by atoms with van der Waals surface area (Å²) in [6.07, 6.45) is 3.84. The smallest absolute Gasteiger partial charge is 0.239 e. The number of nitrogen functional groups attached to an aromatic ring is 1. The third-order valence-electron chi connectivity index (χ3n) is 2.65. The Kier molecular flexibility index (Phi) is 3.12. The van der Waals surface area contributed by atoms with E-state index in [0.717, 1.165) is 18.4 Å². The average molecular weight is 235 g/mol. The number of aromatic nitrogens is 2. The molecule has 1 saturated carbocycles. The maximum Gasteiger partial charge on any atom is 0.239 e. The van der Waals surface area contributed by atoms with Crippen LogP contribution >= 0.6 is 0 Å². The second kappa shape index (κ2) is 4.57. The van der Waals surface area contributed by atoms with Crippen LogP contribution in [0.4, 0.5) is 11.8 Å². The van der Waals surface area contributed by atoms with Crippen LogP contribution in [-0.4, -0.2) is 35.5 Å². The molecular formula is C11H17N5O. The summed E-state index contributed by atoms with van der Waals surface area (Å²) in [6.45, 7) is 2.18. The van der Waals surface area contributed by atoms with Gasteiger partial charge in [0.15, 0.2) is 0 Å². The van der Waals surface area contributed by atoms with Crippen LogP contribution in [-0.2, 0) is 4.79 Å². The molecule has 2 rings (SSSR count). The monoisotopic (exact) mass is 235 g/mol. The summed E-state index contributed by atoms with van der Waals surface area (Å²) in [4.78, 5) is 21.5. The van der Waals surface area contributed by atoms with Crippen molar-refractivity contribution in [3.05, 3.63) is 11.8 Å². The Labute approximate surface area is 100 Å². The lowest BCUT2D eigenvalue weighted by molar-refractivity contribution is -0.119. The van der Waals surface area contributed by atoms with Gasteiger partial charge >= 0.3 is 0 Å². The molecule has 1 heterocycles. The Morgan fingerprint density at radius 1 is 1.65 bits per heavy atom. The molecule has 17 heavy (non-hydrogen) atoms. The van der Waals surface area contributed by atoms with E-state index >= 15 is 0 Å². The Morgan fingerprint density at radius 2 is 2.35 bits per heavy atom. The molecule has 0 aliphatic heterocycles. The topological polar surface area (TPSA) is 84.1 Å². The van der Waals surface area contributed by atoms with Gasteiger partial charge in [-0.2, -0.15) is 4.98 Å². The van der Waals surface area contributed by atoms with Gasteiger partial charge in [0, 0.05) is 24.8 Å². The lowest BCUT2D eigenvalue weighted by Crippen LogP contribution is -2.36. The maximum absolute atomic E-state index is 11.6. The Bertz CT molecular complexity index is 430. The second-order valence-electron chi connectivity index (χ2n) is 4.43. The first-order chi connectivity index (χ1) is 8.06. The molecule has 1 aromatic rings. The van der Waals surface area contributed by atoms with Gasteiger partial charge in [0.25, 0.3) is 0 Å². The molecule has 0 bridgehead atoms. The number of likely N-dealkylation sites (N-methyl/N-ethyl adjacent to an activating group) is 1. The first kappa shape index (κ1) is 11.6. The number of aryl methyl sites for hydroxylation is 1. The minimum atomic E-state index is 0.0200. The van der Waals surface area contributed by atoms with Crippen LogP contribution in [0, 0.1) is 6.92 Å². The van der Waals surface area contributed by atoms with E-state index in [0.29, 0.717) is 11.9 Å². The fourth-order valence-electron chi connectivity index (χ4n) is 1.62. The number of nitrogens with zero attached hydrogens (tertiary/aromatic N) is 3. The van der Waals surface area contributed by atoms with Gasteiger partial charge in [0.1, 0.15) is 5.82 Å². The zero-order valence-electron chi connectivity index (χ0n) is 10.1. The third-order valence-corrected chi connectivity index (χ3v) is 2.65. The van der Waals surface area contributed by atoms with Gasteiger partial charge in [-0.15, -0.1) is 0 Å². The SMILES string of the molecule is Cc1cnc(N)nc1N(C)CC(=O)NC1CC1. The van der Waals surface area contributed by atoms with Crippen molar-refractivity contribution in [1.29, 1.82) is 0 Å². The van der Waals surface area contributed by atoms with Crippen molar-refractivity contribution in [3.8, 4) is 0 Å².